The topological polar surface area (TPSA) is 94.5 Å². The van der Waals surface area contributed by atoms with Crippen molar-refractivity contribution in [3.8, 4) is 16.9 Å². The molecule has 1 aliphatic heterocycles. The number of nitrogens with zero attached hydrogens (tertiary/aromatic N) is 7. The number of nitrogens with one attached hydrogen (secondary N) is 1. The van der Waals surface area contributed by atoms with Gasteiger partial charge in [-0.25, -0.2) is 18.9 Å². The molecule has 0 saturated carbocycles. The van der Waals surface area contributed by atoms with Crippen LogP contribution in [0.4, 0.5) is 10.3 Å². The van der Waals surface area contributed by atoms with Crippen LogP contribution in [0.3, 0.4) is 0 Å². The van der Waals surface area contributed by atoms with Crippen LogP contribution in [0, 0.1) is 5.82 Å². The molecule has 0 fully saturated rings. The molecular formula is C20H15FN8O. The summed E-state index contributed by atoms with van der Waals surface area (Å²) in [7, 11) is 0. The highest BCUT2D eigenvalue weighted by atomic mass is 19.1. The SMILES string of the molecule is Fc1ccc2c(c1CNc1ncc(-c3cnn4cccnc34)c3nncn13)CCO2. The predicted octanol–water partition coefficient (Wildman–Crippen LogP) is 2.52. The highest BCUT2D eigenvalue weighted by molar-refractivity contribution is 5.85. The highest BCUT2D eigenvalue weighted by Crippen LogP contribution is 2.31. The molecule has 6 rings (SSSR count). The van der Waals surface area contributed by atoms with Crippen LogP contribution in [0.25, 0.3) is 22.4 Å². The Balaban J connectivity index is 1.38. The fraction of sp³-hybridized carbons (Fsp3) is 0.150. The molecule has 1 N–H and O–H groups in total. The lowest BCUT2D eigenvalue weighted by Crippen LogP contribution is -2.09. The third kappa shape index (κ3) is 2.50. The number of rotatable bonds is 4. The van der Waals surface area contributed by atoms with E-state index in [1.54, 1.807) is 39.9 Å². The summed E-state index contributed by atoms with van der Waals surface area (Å²) in [5, 5.41) is 15.8. The van der Waals surface area contributed by atoms with Gasteiger partial charge in [-0.2, -0.15) is 5.10 Å². The molecule has 10 heteroatoms. The summed E-state index contributed by atoms with van der Waals surface area (Å²) in [4.78, 5) is 8.93. The largest absolute Gasteiger partial charge is 0.493 e. The van der Waals surface area contributed by atoms with Crippen molar-refractivity contribution in [2.75, 3.05) is 11.9 Å². The van der Waals surface area contributed by atoms with E-state index in [0.717, 1.165) is 22.4 Å². The van der Waals surface area contributed by atoms with Crippen LogP contribution in [0.5, 0.6) is 5.75 Å². The number of halogens is 1. The maximum Gasteiger partial charge on any atom is 0.210 e. The molecular weight excluding hydrogens is 387 g/mol. The van der Waals surface area contributed by atoms with Gasteiger partial charge in [0.1, 0.15) is 17.9 Å². The maximum atomic E-state index is 14.4. The van der Waals surface area contributed by atoms with E-state index in [1.165, 1.54) is 6.07 Å². The molecule has 0 aliphatic carbocycles. The van der Waals surface area contributed by atoms with Crippen LogP contribution in [0.1, 0.15) is 11.1 Å². The number of fused-ring (bicyclic) bond motifs is 3. The minimum absolute atomic E-state index is 0.263. The molecule has 1 aromatic carbocycles. The Kier molecular flexibility index (Phi) is 3.63. The van der Waals surface area contributed by atoms with Crippen LogP contribution in [-0.4, -0.2) is 40.8 Å². The molecule has 0 bridgehead atoms. The van der Waals surface area contributed by atoms with E-state index in [4.69, 9.17) is 4.74 Å². The van der Waals surface area contributed by atoms with Gasteiger partial charge in [0.05, 0.1) is 23.9 Å². The van der Waals surface area contributed by atoms with E-state index >= 15 is 0 Å². The van der Waals surface area contributed by atoms with Gasteiger partial charge in [0.15, 0.2) is 11.3 Å². The first-order chi connectivity index (χ1) is 14.8. The average Bonchev–Trinajstić information content (AvgIpc) is 3.52. The standard InChI is InChI=1S/C20H15FN8O/c21-16-2-3-17-12(4-7-30-17)13(16)8-23-20-24-9-14(19-27-25-11-28(19)20)15-10-26-29-6-1-5-22-18(15)29/h1-3,5-6,9-11H,4,7-8H2,(H,23,24). The quantitative estimate of drug-likeness (QED) is 0.494. The molecule has 30 heavy (non-hydrogen) atoms. The van der Waals surface area contributed by atoms with Crippen molar-refractivity contribution in [1.29, 1.82) is 0 Å². The molecule has 0 saturated heterocycles. The van der Waals surface area contributed by atoms with Gasteiger partial charge in [0.25, 0.3) is 0 Å². The second-order valence-electron chi connectivity index (χ2n) is 6.92. The van der Waals surface area contributed by atoms with Gasteiger partial charge in [0, 0.05) is 42.7 Å². The summed E-state index contributed by atoms with van der Waals surface area (Å²) in [5.74, 6) is 0.992. The summed E-state index contributed by atoms with van der Waals surface area (Å²) in [6, 6.07) is 4.92. The molecule has 0 unspecified atom stereocenters. The van der Waals surface area contributed by atoms with Gasteiger partial charge in [-0.05, 0) is 18.2 Å². The van der Waals surface area contributed by atoms with Gasteiger partial charge >= 0.3 is 0 Å². The molecule has 0 spiro atoms. The maximum absolute atomic E-state index is 14.4. The first-order valence-electron chi connectivity index (χ1n) is 9.44. The van der Waals surface area contributed by atoms with E-state index < -0.39 is 0 Å². The van der Waals surface area contributed by atoms with Crippen molar-refractivity contribution < 1.29 is 9.13 Å². The number of ether oxygens (including phenoxy) is 1. The van der Waals surface area contributed by atoms with Crippen LogP contribution in [0.2, 0.25) is 0 Å². The van der Waals surface area contributed by atoms with Crippen LogP contribution < -0.4 is 10.1 Å². The number of hydrogen-bond donors (Lipinski definition) is 1. The summed E-state index contributed by atoms with van der Waals surface area (Å²) >= 11 is 0. The molecule has 4 aromatic heterocycles. The Morgan fingerprint density at radius 1 is 1.13 bits per heavy atom. The lowest BCUT2D eigenvalue weighted by Gasteiger charge is -2.12. The minimum Gasteiger partial charge on any atom is -0.493 e. The Morgan fingerprint density at radius 3 is 3.03 bits per heavy atom. The first-order valence-corrected chi connectivity index (χ1v) is 9.44. The third-order valence-corrected chi connectivity index (χ3v) is 5.27. The monoisotopic (exact) mass is 402 g/mol. The van der Waals surface area contributed by atoms with Crippen molar-refractivity contribution in [1.82, 2.24) is 34.2 Å². The van der Waals surface area contributed by atoms with Crippen molar-refractivity contribution in [3.05, 3.63) is 66.3 Å². The summed E-state index contributed by atoms with van der Waals surface area (Å²) in [6.45, 7) is 0.846. The Bertz CT molecular complexity index is 1410. The number of aromatic nitrogens is 7. The normalized spacial score (nSPS) is 13.0. The number of anilines is 1. The predicted molar refractivity (Wildman–Crippen MR) is 106 cm³/mol. The Hall–Kier alpha value is -4.08. The van der Waals surface area contributed by atoms with Gasteiger partial charge in [-0.15, -0.1) is 10.2 Å². The van der Waals surface area contributed by atoms with Gasteiger partial charge in [-0.1, -0.05) is 0 Å². The second-order valence-corrected chi connectivity index (χ2v) is 6.92. The van der Waals surface area contributed by atoms with Gasteiger partial charge < -0.3 is 10.1 Å². The molecule has 0 atom stereocenters. The smallest absolute Gasteiger partial charge is 0.210 e. The van der Waals surface area contributed by atoms with Crippen LogP contribution in [-0.2, 0) is 13.0 Å². The van der Waals surface area contributed by atoms with Crippen molar-refractivity contribution in [3.63, 3.8) is 0 Å². The van der Waals surface area contributed by atoms with E-state index in [9.17, 15) is 4.39 Å². The highest BCUT2D eigenvalue weighted by Gasteiger charge is 2.20. The summed E-state index contributed by atoms with van der Waals surface area (Å²) in [6.07, 6.45) is 9.23. The van der Waals surface area contributed by atoms with E-state index in [1.807, 2.05) is 12.3 Å². The van der Waals surface area contributed by atoms with Crippen molar-refractivity contribution in [2.45, 2.75) is 13.0 Å². The van der Waals surface area contributed by atoms with Gasteiger partial charge in [0.2, 0.25) is 5.95 Å². The average molecular weight is 402 g/mol. The zero-order valence-corrected chi connectivity index (χ0v) is 15.7. The summed E-state index contributed by atoms with van der Waals surface area (Å²) in [5.41, 5.74) is 4.35. The molecule has 5 aromatic rings. The fourth-order valence-electron chi connectivity index (χ4n) is 3.83. The fourth-order valence-corrected chi connectivity index (χ4v) is 3.83. The van der Waals surface area contributed by atoms with Crippen molar-refractivity contribution >= 4 is 17.2 Å². The Morgan fingerprint density at radius 2 is 2.07 bits per heavy atom. The summed E-state index contributed by atoms with van der Waals surface area (Å²) < 4.78 is 23.4. The zero-order chi connectivity index (χ0) is 20.1. The van der Waals surface area contributed by atoms with E-state index in [0.29, 0.717) is 35.8 Å². The Labute approximate surface area is 169 Å². The molecule has 0 amide bonds. The van der Waals surface area contributed by atoms with E-state index in [2.05, 4.69) is 30.6 Å². The lowest BCUT2D eigenvalue weighted by molar-refractivity contribution is 0.356. The lowest BCUT2D eigenvalue weighted by atomic mass is 10.0. The molecule has 5 heterocycles. The second kappa shape index (κ2) is 6.48. The number of benzene rings is 1. The molecule has 9 nitrogen and oxygen atoms in total. The minimum atomic E-state index is -0.263. The van der Waals surface area contributed by atoms with E-state index in [-0.39, 0.29) is 12.4 Å². The first kappa shape index (κ1) is 16.8. The van der Waals surface area contributed by atoms with Crippen LogP contribution >= 0.6 is 0 Å². The van der Waals surface area contributed by atoms with Crippen LogP contribution in [0.15, 0.2) is 49.3 Å². The zero-order valence-electron chi connectivity index (χ0n) is 15.7. The number of hydrogen-bond acceptors (Lipinski definition) is 7. The molecule has 0 radical (unpaired) electrons. The molecule has 148 valence electrons. The van der Waals surface area contributed by atoms with Gasteiger partial charge in [-0.3, -0.25) is 4.40 Å². The third-order valence-electron chi connectivity index (χ3n) is 5.27. The van der Waals surface area contributed by atoms with Crippen molar-refractivity contribution in [2.24, 2.45) is 0 Å². The molecule has 1 aliphatic rings.